The molecule has 0 aromatic heterocycles. The van der Waals surface area contributed by atoms with Crippen LogP contribution in [0.15, 0.2) is 6.07 Å². The summed E-state index contributed by atoms with van der Waals surface area (Å²) in [4.78, 5) is 0. The molecule has 0 radical (unpaired) electrons. The molecule has 1 rings (SSSR count). The number of hydrogen-bond acceptors (Lipinski definition) is 2. The van der Waals surface area contributed by atoms with Crippen molar-refractivity contribution in [3.8, 4) is 5.75 Å². The molecule has 0 fully saturated rings. The number of benzene rings is 1. The molecule has 0 aliphatic heterocycles. The Morgan fingerprint density at radius 1 is 1.16 bits per heavy atom. The minimum Gasteiger partial charge on any atom is -0.505 e. The van der Waals surface area contributed by atoms with Crippen LogP contribution in [0.5, 0.6) is 5.75 Å². The molecule has 0 heterocycles. The second-order valence-electron chi connectivity index (χ2n) is 3.50. The molecule has 2 nitrogen and oxygen atoms in total. The standard InChI is InChI=1S/C9H5ClF7NO/c10-3-1-2(8(12,13)14)4(6(19)5(3)11)7(18)9(15,16)17/h1,7,19H,18H2/t7-/m1/s1. The number of nitrogens with two attached hydrogens (primary N) is 1. The summed E-state index contributed by atoms with van der Waals surface area (Å²) in [6.07, 6.45) is -10.6. The molecule has 1 aromatic carbocycles. The number of hydrogen-bond donors (Lipinski definition) is 2. The van der Waals surface area contributed by atoms with Crippen molar-refractivity contribution in [1.29, 1.82) is 0 Å². The Balaban J connectivity index is 3.65. The summed E-state index contributed by atoms with van der Waals surface area (Å²) in [5.41, 5.74) is 0.847. The maximum atomic E-state index is 13.1. The van der Waals surface area contributed by atoms with Crippen LogP contribution in [0.25, 0.3) is 0 Å². The van der Waals surface area contributed by atoms with E-state index in [0.29, 0.717) is 0 Å². The van der Waals surface area contributed by atoms with Gasteiger partial charge in [-0.15, -0.1) is 0 Å². The van der Waals surface area contributed by atoms with E-state index in [4.69, 9.17) is 16.7 Å². The smallest absolute Gasteiger partial charge is 0.416 e. The zero-order chi connectivity index (χ0) is 15.2. The molecule has 0 aliphatic carbocycles. The van der Waals surface area contributed by atoms with E-state index in [-0.39, 0.29) is 6.07 Å². The maximum Gasteiger partial charge on any atom is 0.416 e. The first-order valence-electron chi connectivity index (χ1n) is 4.47. The molecule has 0 amide bonds. The lowest BCUT2D eigenvalue weighted by atomic mass is 9.98. The van der Waals surface area contributed by atoms with Gasteiger partial charge in [-0.2, -0.15) is 26.3 Å². The topological polar surface area (TPSA) is 46.2 Å². The van der Waals surface area contributed by atoms with Crippen molar-refractivity contribution in [2.45, 2.75) is 18.4 Å². The van der Waals surface area contributed by atoms with Crippen LogP contribution in [0, 0.1) is 5.82 Å². The van der Waals surface area contributed by atoms with Crippen LogP contribution in [0.3, 0.4) is 0 Å². The second kappa shape index (κ2) is 4.71. The zero-order valence-electron chi connectivity index (χ0n) is 8.70. The van der Waals surface area contributed by atoms with E-state index in [1.54, 1.807) is 0 Å². The molecule has 0 spiro atoms. The van der Waals surface area contributed by atoms with Crippen molar-refractivity contribution in [3.05, 3.63) is 28.0 Å². The van der Waals surface area contributed by atoms with Crippen LogP contribution in [-0.2, 0) is 6.18 Å². The number of halogens is 8. The quantitative estimate of drug-likeness (QED) is 0.776. The molecule has 1 atom stereocenters. The molecular weight excluding hydrogens is 307 g/mol. The molecule has 0 bridgehead atoms. The highest BCUT2D eigenvalue weighted by atomic mass is 35.5. The minimum absolute atomic E-state index is 0.0580. The lowest BCUT2D eigenvalue weighted by Crippen LogP contribution is -2.31. The molecule has 3 N–H and O–H groups in total. The van der Waals surface area contributed by atoms with Crippen molar-refractivity contribution in [2.24, 2.45) is 5.73 Å². The lowest BCUT2D eigenvalue weighted by Gasteiger charge is -2.22. The van der Waals surface area contributed by atoms with Crippen LogP contribution >= 0.6 is 11.6 Å². The van der Waals surface area contributed by atoms with E-state index in [0.717, 1.165) is 0 Å². The molecular formula is C9H5ClF7NO. The number of aromatic hydroxyl groups is 1. The molecule has 0 saturated heterocycles. The van der Waals surface area contributed by atoms with Gasteiger partial charge >= 0.3 is 12.4 Å². The highest BCUT2D eigenvalue weighted by Gasteiger charge is 2.46. The molecule has 0 aliphatic rings. The summed E-state index contributed by atoms with van der Waals surface area (Å²) in [5, 5.41) is 7.95. The number of alkyl halides is 6. The molecule has 19 heavy (non-hydrogen) atoms. The van der Waals surface area contributed by atoms with Crippen LogP contribution in [0.1, 0.15) is 17.2 Å². The maximum absolute atomic E-state index is 13.1. The molecule has 1 aromatic rings. The average molecular weight is 312 g/mol. The fraction of sp³-hybridized carbons (Fsp3) is 0.333. The largest absolute Gasteiger partial charge is 0.505 e. The van der Waals surface area contributed by atoms with Gasteiger partial charge in [-0.25, -0.2) is 4.39 Å². The van der Waals surface area contributed by atoms with Crippen LogP contribution in [-0.4, -0.2) is 11.3 Å². The van der Waals surface area contributed by atoms with Gasteiger partial charge < -0.3 is 10.8 Å². The predicted molar refractivity (Wildman–Crippen MR) is 51.1 cm³/mol. The Hall–Kier alpha value is -1.22. The minimum atomic E-state index is -5.29. The Kier molecular flexibility index (Phi) is 3.93. The fourth-order valence-electron chi connectivity index (χ4n) is 1.34. The monoisotopic (exact) mass is 311 g/mol. The third kappa shape index (κ3) is 3.03. The van der Waals surface area contributed by atoms with Gasteiger partial charge in [-0.1, -0.05) is 11.6 Å². The third-order valence-electron chi connectivity index (χ3n) is 2.20. The zero-order valence-corrected chi connectivity index (χ0v) is 9.46. The summed E-state index contributed by atoms with van der Waals surface area (Å²) in [7, 11) is 0. The van der Waals surface area contributed by atoms with Gasteiger partial charge in [0.2, 0.25) is 0 Å². The van der Waals surface area contributed by atoms with Crippen molar-refractivity contribution < 1.29 is 35.8 Å². The molecule has 0 saturated carbocycles. The Morgan fingerprint density at radius 3 is 2.00 bits per heavy atom. The van der Waals surface area contributed by atoms with Crippen molar-refractivity contribution in [1.82, 2.24) is 0 Å². The Bertz CT molecular complexity index is 497. The first-order valence-corrected chi connectivity index (χ1v) is 4.85. The summed E-state index contributed by atoms with van der Waals surface area (Å²) in [6, 6.07) is -3.26. The van der Waals surface area contributed by atoms with Gasteiger partial charge in [-0.05, 0) is 6.07 Å². The van der Waals surface area contributed by atoms with E-state index in [1.165, 1.54) is 0 Å². The average Bonchev–Trinajstić information content (AvgIpc) is 2.22. The number of phenols is 1. The first kappa shape index (κ1) is 15.8. The Morgan fingerprint density at radius 2 is 1.63 bits per heavy atom. The van der Waals surface area contributed by atoms with Gasteiger partial charge in [-0.3, -0.25) is 0 Å². The van der Waals surface area contributed by atoms with Crippen LogP contribution < -0.4 is 5.73 Å². The van der Waals surface area contributed by atoms with E-state index < -0.39 is 46.1 Å². The van der Waals surface area contributed by atoms with Gasteiger partial charge in [0.1, 0.15) is 6.04 Å². The summed E-state index contributed by atoms with van der Waals surface area (Å²) < 4.78 is 87.9. The van der Waals surface area contributed by atoms with Crippen LogP contribution in [0.4, 0.5) is 30.7 Å². The number of phenolic OH excluding ortho intramolecular Hbond substituents is 1. The Labute approximate surface area is 106 Å². The van der Waals surface area contributed by atoms with E-state index in [2.05, 4.69) is 5.73 Å². The van der Waals surface area contributed by atoms with Gasteiger partial charge in [0.05, 0.1) is 10.6 Å². The molecule has 10 heteroatoms. The summed E-state index contributed by atoms with van der Waals surface area (Å²) in [6.45, 7) is 0. The van der Waals surface area contributed by atoms with Gasteiger partial charge in [0, 0.05) is 5.56 Å². The second-order valence-corrected chi connectivity index (χ2v) is 3.91. The highest BCUT2D eigenvalue weighted by Crippen LogP contribution is 2.45. The van der Waals surface area contributed by atoms with E-state index in [1.807, 2.05) is 0 Å². The van der Waals surface area contributed by atoms with Gasteiger partial charge in [0.15, 0.2) is 11.6 Å². The SMILES string of the molecule is N[C@H](c1c(C(F)(F)F)cc(Cl)c(F)c1O)C(F)(F)F. The van der Waals surface area contributed by atoms with Crippen molar-refractivity contribution in [2.75, 3.05) is 0 Å². The summed E-state index contributed by atoms with van der Waals surface area (Å²) >= 11 is 5.06. The number of rotatable bonds is 1. The molecule has 0 unspecified atom stereocenters. The van der Waals surface area contributed by atoms with Crippen LogP contribution in [0.2, 0.25) is 5.02 Å². The molecule has 108 valence electrons. The van der Waals surface area contributed by atoms with E-state index in [9.17, 15) is 30.7 Å². The van der Waals surface area contributed by atoms with Gasteiger partial charge in [0.25, 0.3) is 0 Å². The van der Waals surface area contributed by atoms with Crippen molar-refractivity contribution >= 4 is 11.6 Å². The van der Waals surface area contributed by atoms with Crippen molar-refractivity contribution in [3.63, 3.8) is 0 Å². The lowest BCUT2D eigenvalue weighted by molar-refractivity contribution is -0.156. The third-order valence-corrected chi connectivity index (χ3v) is 2.48. The fourth-order valence-corrected chi connectivity index (χ4v) is 1.54. The highest BCUT2D eigenvalue weighted by molar-refractivity contribution is 6.31. The predicted octanol–water partition coefficient (Wildman–Crippen LogP) is 3.77. The van der Waals surface area contributed by atoms with E-state index >= 15 is 0 Å². The normalized spacial score (nSPS) is 14.6. The first-order chi connectivity index (χ1) is 8.37. The summed E-state index contributed by atoms with van der Waals surface area (Å²) in [5.74, 6) is -3.67.